The molecule has 90 valence electrons. The third-order valence-corrected chi connectivity index (χ3v) is 2.62. The van der Waals surface area contributed by atoms with Gasteiger partial charge >= 0.3 is 0 Å². The molecule has 1 N–H and O–H groups in total. The second-order valence-corrected chi connectivity index (χ2v) is 4.57. The van der Waals surface area contributed by atoms with E-state index in [2.05, 4.69) is 32.9 Å². The minimum Gasteiger partial charge on any atom is -0.493 e. The highest BCUT2D eigenvalue weighted by Crippen LogP contribution is 2.24. The number of rotatable bonds is 5. The van der Waals surface area contributed by atoms with Crippen LogP contribution in [-0.2, 0) is 0 Å². The quantitative estimate of drug-likeness (QED) is 0.775. The second kappa shape index (κ2) is 5.90. The summed E-state index contributed by atoms with van der Waals surface area (Å²) in [5, 5.41) is 9.14. The predicted molar refractivity (Wildman–Crippen MR) is 67.1 cm³/mol. The number of benzene rings is 1. The van der Waals surface area contributed by atoms with Crippen molar-refractivity contribution in [3.8, 4) is 5.75 Å². The van der Waals surface area contributed by atoms with Gasteiger partial charge in [0.25, 0.3) is 0 Å². The number of hydrogen-bond donors (Lipinski definition) is 1. The maximum absolute atomic E-state index is 9.14. The molecule has 0 saturated heterocycles. The zero-order valence-electron chi connectivity index (χ0n) is 10.7. The van der Waals surface area contributed by atoms with E-state index < -0.39 is 0 Å². The Hall–Kier alpha value is -1.02. The van der Waals surface area contributed by atoms with Crippen LogP contribution in [-0.4, -0.2) is 17.8 Å². The van der Waals surface area contributed by atoms with Crippen molar-refractivity contribution >= 4 is 0 Å². The maximum Gasteiger partial charge on any atom is 0.125 e. The highest BCUT2D eigenvalue weighted by Gasteiger charge is 2.05. The Balaban J connectivity index is 2.54. The first-order valence-electron chi connectivity index (χ1n) is 5.89. The second-order valence-electron chi connectivity index (χ2n) is 4.57. The molecule has 0 saturated carbocycles. The molecule has 1 aromatic carbocycles. The van der Waals surface area contributed by atoms with Gasteiger partial charge in [0.2, 0.25) is 0 Å². The van der Waals surface area contributed by atoms with Crippen LogP contribution in [0.25, 0.3) is 0 Å². The van der Waals surface area contributed by atoms with E-state index in [4.69, 9.17) is 9.84 Å². The molecule has 0 heterocycles. The largest absolute Gasteiger partial charge is 0.493 e. The number of aryl methyl sites for hydroxylation is 3. The Labute approximate surface area is 98.3 Å². The smallest absolute Gasteiger partial charge is 0.125 e. The average molecular weight is 222 g/mol. The lowest BCUT2D eigenvalue weighted by molar-refractivity contribution is 0.170. The van der Waals surface area contributed by atoms with Crippen molar-refractivity contribution in [3.05, 3.63) is 28.8 Å². The van der Waals surface area contributed by atoms with E-state index in [9.17, 15) is 0 Å². The molecule has 1 unspecified atom stereocenters. The molecule has 16 heavy (non-hydrogen) atoms. The summed E-state index contributed by atoms with van der Waals surface area (Å²) in [6, 6.07) is 4.27. The zero-order chi connectivity index (χ0) is 12.1. The van der Waals surface area contributed by atoms with Gasteiger partial charge in [0.05, 0.1) is 12.7 Å². The molecule has 0 aliphatic carbocycles. The molecule has 0 radical (unpaired) electrons. The molecule has 1 aromatic rings. The van der Waals surface area contributed by atoms with E-state index in [1.165, 1.54) is 16.7 Å². The number of ether oxygens (including phenoxy) is 1. The van der Waals surface area contributed by atoms with E-state index in [1.807, 2.05) is 6.92 Å². The van der Waals surface area contributed by atoms with Crippen LogP contribution in [0.3, 0.4) is 0 Å². The van der Waals surface area contributed by atoms with Crippen molar-refractivity contribution < 1.29 is 9.84 Å². The topological polar surface area (TPSA) is 29.5 Å². The first-order valence-corrected chi connectivity index (χ1v) is 5.89. The van der Waals surface area contributed by atoms with E-state index in [0.717, 1.165) is 18.6 Å². The summed E-state index contributed by atoms with van der Waals surface area (Å²) in [6.07, 6.45) is 1.46. The van der Waals surface area contributed by atoms with Crippen molar-refractivity contribution in [2.24, 2.45) is 0 Å². The molecule has 1 rings (SSSR count). The third kappa shape index (κ3) is 3.86. The summed E-state index contributed by atoms with van der Waals surface area (Å²) in [4.78, 5) is 0. The fourth-order valence-corrected chi connectivity index (χ4v) is 1.95. The van der Waals surface area contributed by atoms with Crippen molar-refractivity contribution in [1.29, 1.82) is 0 Å². The Morgan fingerprint density at radius 1 is 1.19 bits per heavy atom. The minimum absolute atomic E-state index is 0.233. The standard InChI is InChI=1S/C14H22O2/c1-10-8-11(2)14(12(3)9-10)16-7-5-6-13(4)15/h8-9,13,15H,5-7H2,1-4H3. The maximum atomic E-state index is 9.14. The van der Waals surface area contributed by atoms with Crippen LogP contribution in [0, 0.1) is 20.8 Å². The first kappa shape index (κ1) is 13.0. The lowest BCUT2D eigenvalue weighted by atomic mass is 10.1. The van der Waals surface area contributed by atoms with Gasteiger partial charge in [-0.15, -0.1) is 0 Å². The highest BCUT2D eigenvalue weighted by molar-refractivity contribution is 5.42. The molecule has 0 aliphatic rings. The van der Waals surface area contributed by atoms with Crippen LogP contribution in [0.4, 0.5) is 0 Å². The number of hydrogen-bond acceptors (Lipinski definition) is 2. The van der Waals surface area contributed by atoms with Gasteiger partial charge in [-0.05, 0) is 51.7 Å². The predicted octanol–water partition coefficient (Wildman–Crippen LogP) is 3.15. The monoisotopic (exact) mass is 222 g/mol. The van der Waals surface area contributed by atoms with Crippen molar-refractivity contribution in [1.82, 2.24) is 0 Å². The Kier molecular flexibility index (Phi) is 4.81. The van der Waals surface area contributed by atoms with Crippen LogP contribution in [0.2, 0.25) is 0 Å². The van der Waals surface area contributed by atoms with Gasteiger partial charge in [-0.1, -0.05) is 17.7 Å². The van der Waals surface area contributed by atoms with E-state index in [1.54, 1.807) is 0 Å². The first-order chi connectivity index (χ1) is 7.50. The molecule has 1 atom stereocenters. The van der Waals surface area contributed by atoms with Crippen LogP contribution in [0.15, 0.2) is 12.1 Å². The van der Waals surface area contributed by atoms with Gasteiger partial charge in [-0.2, -0.15) is 0 Å². The number of aliphatic hydroxyl groups excluding tert-OH is 1. The van der Waals surface area contributed by atoms with Gasteiger partial charge in [-0.25, -0.2) is 0 Å². The molecule has 0 bridgehead atoms. The van der Waals surface area contributed by atoms with Gasteiger partial charge in [0.15, 0.2) is 0 Å². The third-order valence-electron chi connectivity index (χ3n) is 2.62. The summed E-state index contributed by atoms with van der Waals surface area (Å²) in [7, 11) is 0. The molecule has 0 fully saturated rings. The number of aliphatic hydroxyl groups is 1. The van der Waals surface area contributed by atoms with Gasteiger partial charge in [0, 0.05) is 0 Å². The fourth-order valence-electron chi connectivity index (χ4n) is 1.95. The van der Waals surface area contributed by atoms with Crippen LogP contribution in [0.1, 0.15) is 36.5 Å². The molecular formula is C14H22O2. The van der Waals surface area contributed by atoms with Crippen LogP contribution >= 0.6 is 0 Å². The normalized spacial score (nSPS) is 12.6. The summed E-state index contributed by atoms with van der Waals surface area (Å²) < 4.78 is 5.76. The van der Waals surface area contributed by atoms with Crippen LogP contribution in [0.5, 0.6) is 5.75 Å². The summed E-state index contributed by atoms with van der Waals surface area (Å²) >= 11 is 0. The van der Waals surface area contributed by atoms with Crippen molar-refractivity contribution in [3.63, 3.8) is 0 Å². The fraction of sp³-hybridized carbons (Fsp3) is 0.571. The molecule has 0 amide bonds. The summed E-state index contributed by atoms with van der Waals surface area (Å²) in [6.45, 7) is 8.73. The minimum atomic E-state index is -0.233. The molecule has 0 spiro atoms. The van der Waals surface area contributed by atoms with E-state index >= 15 is 0 Å². The molecule has 2 heteroatoms. The lowest BCUT2D eigenvalue weighted by Gasteiger charge is -2.13. The zero-order valence-corrected chi connectivity index (χ0v) is 10.7. The Morgan fingerprint density at radius 3 is 2.25 bits per heavy atom. The summed E-state index contributed by atoms with van der Waals surface area (Å²) in [5.41, 5.74) is 3.65. The van der Waals surface area contributed by atoms with Crippen molar-refractivity contribution in [2.45, 2.75) is 46.6 Å². The molecule has 2 nitrogen and oxygen atoms in total. The average Bonchev–Trinajstić information content (AvgIpc) is 2.14. The lowest BCUT2D eigenvalue weighted by Crippen LogP contribution is -2.05. The highest BCUT2D eigenvalue weighted by atomic mass is 16.5. The molecular weight excluding hydrogens is 200 g/mol. The SMILES string of the molecule is Cc1cc(C)c(OCCCC(C)O)c(C)c1. The van der Waals surface area contributed by atoms with E-state index in [0.29, 0.717) is 6.61 Å². The van der Waals surface area contributed by atoms with E-state index in [-0.39, 0.29) is 6.10 Å². The molecule has 0 aliphatic heterocycles. The molecule has 0 aromatic heterocycles. The van der Waals surface area contributed by atoms with Crippen LogP contribution < -0.4 is 4.74 Å². The van der Waals surface area contributed by atoms with Crippen molar-refractivity contribution in [2.75, 3.05) is 6.61 Å². The van der Waals surface area contributed by atoms with Gasteiger partial charge in [0.1, 0.15) is 5.75 Å². The summed E-state index contributed by atoms with van der Waals surface area (Å²) in [5.74, 6) is 0.996. The van der Waals surface area contributed by atoms with Gasteiger partial charge in [-0.3, -0.25) is 0 Å². The Morgan fingerprint density at radius 2 is 1.75 bits per heavy atom. The Bertz CT molecular complexity index is 320. The van der Waals surface area contributed by atoms with Gasteiger partial charge < -0.3 is 9.84 Å².